The second-order valence-electron chi connectivity index (χ2n) is 3.29. The van der Waals surface area contributed by atoms with E-state index in [-0.39, 0.29) is 6.42 Å². The zero-order chi connectivity index (χ0) is 11.3. The molecule has 0 amide bonds. The molecule has 4 nitrogen and oxygen atoms in total. The average Bonchev–Trinajstić information content (AvgIpc) is 2.58. The van der Waals surface area contributed by atoms with Crippen molar-refractivity contribution >= 4 is 12.2 Å². The van der Waals surface area contributed by atoms with Crippen LogP contribution in [0.25, 0.3) is 6.20 Å². The van der Waals surface area contributed by atoms with Gasteiger partial charge >= 0.3 is 5.97 Å². The normalized spacial score (nSPS) is 11.1. The van der Waals surface area contributed by atoms with Crippen LogP contribution in [-0.4, -0.2) is 15.6 Å². The molecule has 1 aromatic heterocycles. The Bertz CT molecular complexity index is 367. The first kappa shape index (κ1) is 11.5. The van der Waals surface area contributed by atoms with E-state index in [4.69, 9.17) is 5.11 Å². The summed E-state index contributed by atoms with van der Waals surface area (Å²) in [5.41, 5.74) is 0. The Labute approximate surface area is 89.5 Å². The van der Waals surface area contributed by atoms with Gasteiger partial charge in [-0.25, -0.2) is 9.13 Å². The van der Waals surface area contributed by atoms with E-state index in [2.05, 4.69) is 6.92 Å². The molecule has 0 atom stereocenters. The summed E-state index contributed by atoms with van der Waals surface area (Å²) in [4.78, 5) is 10.5. The van der Waals surface area contributed by atoms with Crippen molar-refractivity contribution in [1.29, 1.82) is 0 Å². The molecule has 1 heterocycles. The lowest BCUT2D eigenvalue weighted by molar-refractivity contribution is -0.702. The van der Waals surface area contributed by atoms with Crippen LogP contribution < -0.4 is 4.57 Å². The molecule has 1 rings (SSSR count). The van der Waals surface area contributed by atoms with Crippen LogP contribution in [0, 0.1) is 0 Å². The SMILES string of the molecule is CC=Cn1cc[n+](CCC(=O)O)c1CC. The number of allylic oxidation sites excluding steroid dienone is 1. The van der Waals surface area contributed by atoms with E-state index in [1.807, 2.05) is 40.7 Å². The number of carboxylic acids is 1. The zero-order valence-electron chi connectivity index (χ0n) is 9.18. The van der Waals surface area contributed by atoms with E-state index >= 15 is 0 Å². The molecule has 0 saturated carbocycles. The van der Waals surface area contributed by atoms with Gasteiger partial charge in [-0.3, -0.25) is 4.79 Å². The topological polar surface area (TPSA) is 46.1 Å². The van der Waals surface area contributed by atoms with Gasteiger partial charge in [0.2, 0.25) is 0 Å². The molecular formula is C11H17N2O2+. The second kappa shape index (κ2) is 5.34. The predicted octanol–water partition coefficient (Wildman–Crippen LogP) is 1.30. The fourth-order valence-corrected chi connectivity index (χ4v) is 1.57. The molecule has 0 aliphatic heterocycles. The molecule has 0 bridgehead atoms. The number of aryl methyl sites for hydroxylation is 1. The Morgan fingerprint density at radius 2 is 2.40 bits per heavy atom. The van der Waals surface area contributed by atoms with Gasteiger partial charge in [0.1, 0.15) is 18.9 Å². The minimum atomic E-state index is -0.761. The third-order valence-corrected chi connectivity index (χ3v) is 2.23. The largest absolute Gasteiger partial charge is 0.481 e. The Kier molecular flexibility index (Phi) is 4.09. The molecule has 1 N–H and O–H groups in total. The number of hydrogen-bond donors (Lipinski definition) is 1. The molecule has 0 unspecified atom stereocenters. The van der Waals surface area contributed by atoms with Crippen LogP contribution >= 0.6 is 0 Å². The summed E-state index contributed by atoms with van der Waals surface area (Å²) in [6, 6.07) is 0. The Hall–Kier alpha value is -1.58. The predicted molar refractivity (Wildman–Crippen MR) is 57.3 cm³/mol. The van der Waals surface area contributed by atoms with Crippen molar-refractivity contribution in [2.24, 2.45) is 0 Å². The standard InChI is InChI=1S/C11H16N2O2/c1-3-6-12-8-9-13(10(12)4-2)7-5-11(14)15/h3,6,8-9H,4-5,7H2,1-2H3/p+1. The highest BCUT2D eigenvalue weighted by molar-refractivity contribution is 5.66. The lowest BCUT2D eigenvalue weighted by atomic mass is 10.4. The molecule has 0 fully saturated rings. The molecule has 0 saturated heterocycles. The molecule has 4 heteroatoms. The van der Waals surface area contributed by atoms with Gasteiger partial charge in [0.25, 0.3) is 5.82 Å². The third-order valence-electron chi connectivity index (χ3n) is 2.23. The fraction of sp³-hybridized carbons (Fsp3) is 0.455. The summed E-state index contributed by atoms with van der Waals surface area (Å²) in [5.74, 6) is 0.359. The minimum Gasteiger partial charge on any atom is -0.481 e. The highest BCUT2D eigenvalue weighted by atomic mass is 16.4. The van der Waals surface area contributed by atoms with Crippen molar-refractivity contribution < 1.29 is 14.5 Å². The maximum atomic E-state index is 10.5. The average molecular weight is 209 g/mol. The van der Waals surface area contributed by atoms with Crippen LogP contribution in [-0.2, 0) is 17.8 Å². The summed E-state index contributed by atoms with van der Waals surface area (Å²) < 4.78 is 4.00. The van der Waals surface area contributed by atoms with Gasteiger partial charge in [-0.1, -0.05) is 6.92 Å². The van der Waals surface area contributed by atoms with Crippen molar-refractivity contribution in [2.75, 3.05) is 0 Å². The number of aliphatic carboxylic acids is 1. The molecule has 0 spiro atoms. The monoisotopic (exact) mass is 209 g/mol. The van der Waals surface area contributed by atoms with Crippen LogP contribution in [0.4, 0.5) is 0 Å². The Balaban J connectivity index is 2.84. The maximum absolute atomic E-state index is 10.5. The molecule has 0 aliphatic rings. The van der Waals surface area contributed by atoms with Crippen molar-refractivity contribution in [1.82, 2.24) is 4.57 Å². The first-order chi connectivity index (χ1) is 7.19. The quantitative estimate of drug-likeness (QED) is 0.743. The number of aromatic nitrogens is 2. The summed E-state index contributed by atoms with van der Waals surface area (Å²) >= 11 is 0. The van der Waals surface area contributed by atoms with Crippen LogP contribution in [0.3, 0.4) is 0 Å². The summed E-state index contributed by atoms with van der Waals surface area (Å²) in [7, 11) is 0. The van der Waals surface area contributed by atoms with Crippen molar-refractivity contribution in [3.8, 4) is 0 Å². The van der Waals surface area contributed by atoms with Gasteiger partial charge in [0.15, 0.2) is 0 Å². The van der Waals surface area contributed by atoms with Crippen LogP contribution in [0.1, 0.15) is 26.1 Å². The molecule has 0 aromatic carbocycles. The molecule has 1 aromatic rings. The van der Waals surface area contributed by atoms with Crippen molar-refractivity contribution in [3.63, 3.8) is 0 Å². The van der Waals surface area contributed by atoms with E-state index in [1.54, 1.807) is 0 Å². The number of imidazole rings is 1. The minimum absolute atomic E-state index is 0.164. The third kappa shape index (κ3) is 2.94. The zero-order valence-corrected chi connectivity index (χ0v) is 9.18. The Morgan fingerprint density at radius 1 is 1.67 bits per heavy atom. The number of nitrogens with zero attached hydrogens (tertiary/aromatic N) is 2. The summed E-state index contributed by atoms with van der Waals surface area (Å²) in [6.07, 6.45) is 8.84. The van der Waals surface area contributed by atoms with Crippen molar-refractivity contribution in [2.45, 2.75) is 33.2 Å². The van der Waals surface area contributed by atoms with E-state index < -0.39 is 5.97 Å². The molecule has 0 aliphatic carbocycles. The lowest BCUT2D eigenvalue weighted by Crippen LogP contribution is -2.37. The Morgan fingerprint density at radius 3 is 2.93 bits per heavy atom. The number of carbonyl (C=O) groups is 1. The van der Waals surface area contributed by atoms with E-state index in [1.165, 1.54) is 0 Å². The van der Waals surface area contributed by atoms with Gasteiger partial charge in [-0.05, 0) is 13.0 Å². The molecular weight excluding hydrogens is 192 g/mol. The highest BCUT2D eigenvalue weighted by Gasteiger charge is 2.13. The smallest absolute Gasteiger partial charge is 0.307 e. The van der Waals surface area contributed by atoms with Gasteiger partial charge < -0.3 is 5.11 Å². The van der Waals surface area contributed by atoms with E-state index in [9.17, 15) is 4.79 Å². The fourth-order valence-electron chi connectivity index (χ4n) is 1.57. The van der Waals surface area contributed by atoms with Crippen molar-refractivity contribution in [3.05, 3.63) is 24.3 Å². The molecule has 82 valence electrons. The van der Waals surface area contributed by atoms with E-state index in [0.29, 0.717) is 6.54 Å². The number of hydrogen-bond acceptors (Lipinski definition) is 1. The van der Waals surface area contributed by atoms with Gasteiger partial charge in [0, 0.05) is 6.42 Å². The van der Waals surface area contributed by atoms with Gasteiger partial charge in [0.05, 0.1) is 12.6 Å². The van der Waals surface area contributed by atoms with E-state index in [0.717, 1.165) is 12.2 Å². The first-order valence-electron chi connectivity index (χ1n) is 5.12. The summed E-state index contributed by atoms with van der Waals surface area (Å²) in [5, 5.41) is 8.61. The maximum Gasteiger partial charge on any atom is 0.307 e. The van der Waals surface area contributed by atoms with Crippen LogP contribution in [0.2, 0.25) is 0 Å². The molecule has 15 heavy (non-hydrogen) atoms. The van der Waals surface area contributed by atoms with Crippen LogP contribution in [0.15, 0.2) is 18.5 Å². The van der Waals surface area contributed by atoms with Crippen LogP contribution in [0.5, 0.6) is 0 Å². The highest BCUT2D eigenvalue weighted by Crippen LogP contribution is 1.98. The number of carboxylic acid groups (broad SMARTS) is 1. The lowest BCUT2D eigenvalue weighted by Gasteiger charge is -1.98. The second-order valence-corrected chi connectivity index (χ2v) is 3.29. The van der Waals surface area contributed by atoms with Gasteiger partial charge in [-0.15, -0.1) is 0 Å². The molecule has 0 radical (unpaired) electrons. The first-order valence-corrected chi connectivity index (χ1v) is 5.12. The van der Waals surface area contributed by atoms with Gasteiger partial charge in [-0.2, -0.15) is 0 Å². The number of rotatable bonds is 5. The summed E-state index contributed by atoms with van der Waals surface area (Å²) in [6.45, 7) is 4.55.